The Balaban J connectivity index is 1.28. The number of benzene rings is 2. The van der Waals surface area contributed by atoms with E-state index in [1.54, 1.807) is 36.4 Å². The van der Waals surface area contributed by atoms with Gasteiger partial charge in [0.15, 0.2) is 0 Å². The van der Waals surface area contributed by atoms with Gasteiger partial charge in [-0.2, -0.15) is 0 Å². The smallest absolute Gasteiger partial charge is 0.343 e. The minimum Gasteiger partial charge on any atom is -0.494 e. The maximum atomic E-state index is 12.6. The highest BCUT2D eigenvalue weighted by molar-refractivity contribution is 5.91. The number of pyridine rings is 1. The maximum absolute atomic E-state index is 12.6. The molecule has 2 aromatic carbocycles. The molecule has 3 aromatic rings. The first-order valence-electron chi connectivity index (χ1n) is 13.9. The van der Waals surface area contributed by atoms with Gasteiger partial charge in [0.25, 0.3) is 0 Å². The molecule has 0 saturated heterocycles. The third kappa shape index (κ3) is 10.8. The molecule has 1 aromatic heterocycles. The highest BCUT2D eigenvalue weighted by atomic mass is 16.5. The molecule has 6 heteroatoms. The Hall–Kier alpha value is -3.93. The van der Waals surface area contributed by atoms with Gasteiger partial charge in [0.2, 0.25) is 0 Å². The first-order chi connectivity index (χ1) is 19.1. The number of hydrogen-bond donors (Lipinski definition) is 0. The van der Waals surface area contributed by atoms with Gasteiger partial charge in [0, 0.05) is 17.8 Å². The van der Waals surface area contributed by atoms with Crippen molar-refractivity contribution >= 4 is 11.9 Å². The van der Waals surface area contributed by atoms with E-state index in [1.165, 1.54) is 30.9 Å². The molecule has 0 fully saturated rings. The van der Waals surface area contributed by atoms with Crippen LogP contribution in [0.4, 0.5) is 0 Å². The van der Waals surface area contributed by atoms with Crippen molar-refractivity contribution in [1.29, 1.82) is 0 Å². The molecule has 0 N–H and O–H groups in total. The van der Waals surface area contributed by atoms with Gasteiger partial charge in [-0.05, 0) is 79.4 Å². The summed E-state index contributed by atoms with van der Waals surface area (Å²) in [6.07, 6.45) is 12.9. The third-order valence-electron chi connectivity index (χ3n) is 6.40. The van der Waals surface area contributed by atoms with E-state index >= 15 is 0 Å². The average Bonchev–Trinajstić information content (AvgIpc) is 2.98. The van der Waals surface area contributed by atoms with Crippen molar-refractivity contribution in [3.8, 4) is 22.8 Å². The maximum Gasteiger partial charge on any atom is 0.343 e. The summed E-state index contributed by atoms with van der Waals surface area (Å²) in [4.78, 5) is 28.0. The van der Waals surface area contributed by atoms with Gasteiger partial charge in [0.1, 0.15) is 11.5 Å². The Kier molecular flexibility index (Phi) is 12.8. The lowest BCUT2D eigenvalue weighted by Crippen LogP contribution is -2.08. The monoisotopic (exact) mass is 529 g/mol. The number of esters is 2. The van der Waals surface area contributed by atoms with Crippen LogP contribution in [0.15, 0.2) is 79.5 Å². The molecular formula is C33H39NO5. The van der Waals surface area contributed by atoms with Crippen LogP contribution in [0.25, 0.3) is 11.3 Å². The lowest BCUT2D eigenvalue weighted by molar-refractivity contribution is -0.137. The SMILES string of the molecule is C=CC(=O)OCCCCCCCCCCOc1ccc(C(=O)Oc2ccc(-c3ccc(CC)cn3)cc2)cc1. The Morgan fingerprint density at radius 3 is 1.97 bits per heavy atom. The molecule has 206 valence electrons. The van der Waals surface area contributed by atoms with Crippen molar-refractivity contribution in [2.24, 2.45) is 0 Å². The van der Waals surface area contributed by atoms with Crippen LogP contribution in [0.1, 0.15) is 74.2 Å². The summed E-state index contributed by atoms with van der Waals surface area (Å²) in [5, 5.41) is 0. The highest BCUT2D eigenvalue weighted by Gasteiger charge is 2.09. The number of aromatic nitrogens is 1. The molecule has 0 saturated carbocycles. The van der Waals surface area contributed by atoms with Crippen LogP contribution in [0.2, 0.25) is 0 Å². The molecule has 6 nitrogen and oxygen atoms in total. The molecule has 0 atom stereocenters. The molecule has 39 heavy (non-hydrogen) atoms. The van der Waals surface area contributed by atoms with Crippen molar-refractivity contribution in [3.05, 3.63) is 90.6 Å². The average molecular weight is 530 g/mol. The first-order valence-corrected chi connectivity index (χ1v) is 13.9. The number of rotatable bonds is 17. The van der Waals surface area contributed by atoms with Gasteiger partial charge in [-0.25, -0.2) is 9.59 Å². The molecule has 0 aliphatic heterocycles. The Morgan fingerprint density at radius 2 is 1.38 bits per heavy atom. The minimum absolute atomic E-state index is 0.347. The van der Waals surface area contributed by atoms with Crippen LogP contribution in [-0.4, -0.2) is 30.1 Å². The molecule has 0 bridgehead atoms. The molecule has 0 aliphatic carbocycles. The minimum atomic E-state index is -0.405. The van der Waals surface area contributed by atoms with Gasteiger partial charge in [-0.1, -0.05) is 58.1 Å². The zero-order valence-corrected chi connectivity index (χ0v) is 22.9. The van der Waals surface area contributed by atoms with Crippen LogP contribution < -0.4 is 9.47 Å². The summed E-state index contributed by atoms with van der Waals surface area (Å²) in [5.41, 5.74) is 3.53. The predicted molar refractivity (Wildman–Crippen MR) is 154 cm³/mol. The molecule has 1 heterocycles. The fraction of sp³-hybridized carbons (Fsp3) is 0.364. The quantitative estimate of drug-likeness (QED) is 0.0770. The summed E-state index contributed by atoms with van der Waals surface area (Å²) in [7, 11) is 0. The number of carbonyl (C=O) groups excluding carboxylic acids is 2. The van der Waals surface area contributed by atoms with Gasteiger partial charge in [-0.15, -0.1) is 0 Å². The molecular weight excluding hydrogens is 490 g/mol. The second-order valence-electron chi connectivity index (χ2n) is 9.39. The van der Waals surface area contributed by atoms with E-state index < -0.39 is 5.97 Å². The molecule has 0 unspecified atom stereocenters. The van der Waals surface area contributed by atoms with Crippen molar-refractivity contribution in [2.45, 2.75) is 64.7 Å². The zero-order valence-electron chi connectivity index (χ0n) is 22.9. The van der Waals surface area contributed by atoms with E-state index in [-0.39, 0.29) is 5.97 Å². The number of ether oxygens (including phenoxy) is 3. The standard InChI is InChI=1S/C33H39NO5/c1-3-26-13-22-31(34-25-26)27-14-20-30(21-15-27)39-33(36)28-16-18-29(19-17-28)37-23-11-9-7-5-6-8-10-12-24-38-32(35)4-2/h4,13-22,25H,2-3,5-12,23-24H2,1H3. The molecule has 0 aliphatic rings. The Bertz CT molecular complexity index is 1150. The lowest BCUT2D eigenvalue weighted by Gasteiger charge is -2.08. The third-order valence-corrected chi connectivity index (χ3v) is 6.40. The summed E-state index contributed by atoms with van der Waals surface area (Å²) in [6.45, 7) is 6.61. The molecule has 0 spiro atoms. The number of hydrogen-bond acceptors (Lipinski definition) is 6. The zero-order chi connectivity index (χ0) is 27.7. The van der Waals surface area contributed by atoms with Crippen LogP contribution in [0.3, 0.4) is 0 Å². The number of unbranched alkanes of at least 4 members (excludes halogenated alkanes) is 7. The molecule has 0 radical (unpaired) electrons. The van der Waals surface area contributed by atoms with Gasteiger partial charge >= 0.3 is 11.9 Å². The van der Waals surface area contributed by atoms with Crippen molar-refractivity contribution in [3.63, 3.8) is 0 Å². The van der Waals surface area contributed by atoms with Crippen LogP contribution in [0.5, 0.6) is 11.5 Å². The van der Waals surface area contributed by atoms with Crippen molar-refractivity contribution in [1.82, 2.24) is 4.98 Å². The lowest BCUT2D eigenvalue weighted by atomic mass is 10.1. The summed E-state index contributed by atoms with van der Waals surface area (Å²) < 4.78 is 16.3. The van der Waals surface area contributed by atoms with E-state index in [9.17, 15) is 9.59 Å². The number of aryl methyl sites for hydroxylation is 1. The van der Waals surface area contributed by atoms with Crippen molar-refractivity contribution < 1.29 is 23.8 Å². The predicted octanol–water partition coefficient (Wildman–Crippen LogP) is 7.76. The van der Waals surface area contributed by atoms with E-state index in [4.69, 9.17) is 14.2 Å². The summed E-state index contributed by atoms with van der Waals surface area (Å²) in [5.74, 6) is 0.482. The normalized spacial score (nSPS) is 10.6. The topological polar surface area (TPSA) is 74.7 Å². The van der Waals surface area contributed by atoms with Crippen LogP contribution in [0, 0.1) is 0 Å². The summed E-state index contributed by atoms with van der Waals surface area (Å²) in [6, 6.07) is 18.5. The fourth-order valence-electron chi connectivity index (χ4n) is 4.04. The molecule has 0 amide bonds. The highest BCUT2D eigenvalue weighted by Crippen LogP contribution is 2.22. The van der Waals surface area contributed by atoms with Crippen LogP contribution in [-0.2, 0) is 16.0 Å². The second-order valence-corrected chi connectivity index (χ2v) is 9.39. The summed E-state index contributed by atoms with van der Waals surface area (Å²) >= 11 is 0. The van der Waals surface area contributed by atoms with E-state index in [0.29, 0.717) is 24.5 Å². The Labute approximate surface area is 232 Å². The number of nitrogens with zero attached hydrogens (tertiary/aromatic N) is 1. The van der Waals surface area contributed by atoms with Crippen molar-refractivity contribution in [2.75, 3.05) is 13.2 Å². The number of carbonyl (C=O) groups is 2. The first kappa shape index (κ1) is 29.6. The van der Waals surface area contributed by atoms with E-state index in [1.807, 2.05) is 24.4 Å². The van der Waals surface area contributed by atoms with Gasteiger partial charge in [-0.3, -0.25) is 4.98 Å². The van der Waals surface area contributed by atoms with Crippen LogP contribution >= 0.6 is 0 Å². The second kappa shape index (κ2) is 16.8. The fourth-order valence-corrected chi connectivity index (χ4v) is 4.04. The van der Waals surface area contributed by atoms with Gasteiger partial charge < -0.3 is 14.2 Å². The van der Waals surface area contributed by atoms with E-state index in [2.05, 4.69) is 24.6 Å². The molecule has 3 rings (SSSR count). The van der Waals surface area contributed by atoms with Gasteiger partial charge in [0.05, 0.1) is 24.5 Å². The largest absolute Gasteiger partial charge is 0.494 e. The Morgan fingerprint density at radius 1 is 0.769 bits per heavy atom. The van der Waals surface area contributed by atoms with E-state index in [0.717, 1.165) is 55.5 Å².